The first kappa shape index (κ1) is 12.5. The molecule has 2 aromatic rings. The average Bonchev–Trinajstić information content (AvgIpc) is 2.90. The van der Waals surface area contributed by atoms with Crippen molar-refractivity contribution in [2.24, 2.45) is 7.05 Å². The van der Waals surface area contributed by atoms with Crippen molar-refractivity contribution in [3.63, 3.8) is 0 Å². The minimum absolute atomic E-state index is 0.0717. The quantitative estimate of drug-likeness (QED) is 0.908. The zero-order valence-electron chi connectivity index (χ0n) is 9.85. The molecule has 0 amide bonds. The second-order valence-corrected chi connectivity index (χ2v) is 5.16. The van der Waals surface area contributed by atoms with E-state index < -0.39 is 0 Å². The van der Waals surface area contributed by atoms with E-state index in [9.17, 15) is 0 Å². The third-order valence-corrected chi connectivity index (χ3v) is 3.97. The highest BCUT2D eigenvalue weighted by atomic mass is 35.5. The highest BCUT2D eigenvalue weighted by Crippen LogP contribution is 2.32. The van der Waals surface area contributed by atoms with Crippen molar-refractivity contribution in [3.05, 3.63) is 33.2 Å². The van der Waals surface area contributed by atoms with Crippen LogP contribution < -0.4 is 5.32 Å². The molecule has 2 aromatic heterocycles. The van der Waals surface area contributed by atoms with Crippen LogP contribution in [0.1, 0.15) is 30.0 Å². The van der Waals surface area contributed by atoms with Crippen LogP contribution in [0.2, 0.25) is 5.02 Å². The second-order valence-electron chi connectivity index (χ2n) is 3.80. The molecule has 1 atom stereocenters. The zero-order valence-corrected chi connectivity index (χ0v) is 11.4. The van der Waals surface area contributed by atoms with Crippen molar-refractivity contribution in [3.8, 4) is 0 Å². The summed E-state index contributed by atoms with van der Waals surface area (Å²) in [6, 6.07) is 1.99. The van der Waals surface area contributed by atoms with E-state index in [0.29, 0.717) is 0 Å². The fourth-order valence-electron chi connectivity index (χ4n) is 1.69. The predicted octanol–water partition coefficient (Wildman–Crippen LogP) is 2.62. The maximum Gasteiger partial charge on any atom is 0.0873 e. The maximum atomic E-state index is 6.20. The van der Waals surface area contributed by atoms with Crippen LogP contribution in [0.15, 0.2) is 17.6 Å². The first-order valence-electron chi connectivity index (χ1n) is 5.55. The molecule has 92 valence electrons. The number of thiophene rings is 1. The van der Waals surface area contributed by atoms with Crippen LogP contribution in [0.3, 0.4) is 0 Å². The van der Waals surface area contributed by atoms with E-state index in [4.69, 9.17) is 11.6 Å². The molecular weight excluding hydrogens is 256 g/mol. The summed E-state index contributed by atoms with van der Waals surface area (Å²) in [5, 5.41) is 14.2. The lowest BCUT2D eigenvalue weighted by Crippen LogP contribution is -2.24. The minimum atomic E-state index is 0.0717. The van der Waals surface area contributed by atoms with Gasteiger partial charge in [0.15, 0.2) is 0 Å². The van der Waals surface area contributed by atoms with E-state index in [-0.39, 0.29) is 6.04 Å². The molecule has 2 rings (SSSR count). The highest BCUT2D eigenvalue weighted by Gasteiger charge is 2.20. The van der Waals surface area contributed by atoms with E-state index in [1.165, 1.54) is 0 Å². The molecular formula is C11H15ClN4S. The van der Waals surface area contributed by atoms with Gasteiger partial charge in [0.2, 0.25) is 0 Å². The van der Waals surface area contributed by atoms with Crippen LogP contribution in [0, 0.1) is 0 Å². The van der Waals surface area contributed by atoms with Gasteiger partial charge >= 0.3 is 0 Å². The van der Waals surface area contributed by atoms with Gasteiger partial charge in [-0.05, 0) is 24.4 Å². The van der Waals surface area contributed by atoms with Crippen molar-refractivity contribution in [1.29, 1.82) is 0 Å². The van der Waals surface area contributed by atoms with Crippen molar-refractivity contribution >= 4 is 22.9 Å². The number of aryl methyl sites for hydroxylation is 1. The number of halogens is 1. The van der Waals surface area contributed by atoms with Gasteiger partial charge in [-0.2, -0.15) is 0 Å². The molecule has 0 saturated carbocycles. The van der Waals surface area contributed by atoms with Crippen LogP contribution in [0.4, 0.5) is 0 Å². The molecule has 1 N–H and O–H groups in total. The fraction of sp³-hybridized carbons (Fsp3) is 0.455. The Balaban J connectivity index is 2.32. The van der Waals surface area contributed by atoms with Gasteiger partial charge in [0.1, 0.15) is 0 Å². The molecule has 0 saturated heterocycles. The van der Waals surface area contributed by atoms with Gasteiger partial charge in [-0.15, -0.1) is 16.4 Å². The third-order valence-electron chi connectivity index (χ3n) is 2.55. The van der Waals surface area contributed by atoms with Crippen LogP contribution in [0.5, 0.6) is 0 Å². The molecule has 0 radical (unpaired) electrons. The lowest BCUT2D eigenvalue weighted by molar-refractivity contribution is 0.556. The Bertz CT molecular complexity index is 439. The Kier molecular flexibility index (Phi) is 4.15. The smallest absolute Gasteiger partial charge is 0.0873 e. The Morgan fingerprint density at radius 1 is 1.59 bits per heavy atom. The maximum absolute atomic E-state index is 6.20. The second kappa shape index (κ2) is 5.62. The summed E-state index contributed by atoms with van der Waals surface area (Å²) < 4.78 is 1.78. The number of nitrogens with zero attached hydrogens (tertiary/aromatic N) is 3. The molecule has 17 heavy (non-hydrogen) atoms. The molecule has 0 aromatic carbocycles. The molecule has 2 heterocycles. The fourth-order valence-corrected chi connectivity index (χ4v) is 2.94. The van der Waals surface area contributed by atoms with E-state index >= 15 is 0 Å². The summed E-state index contributed by atoms with van der Waals surface area (Å²) in [5.41, 5.74) is 1.03. The lowest BCUT2D eigenvalue weighted by Gasteiger charge is -2.17. The summed E-state index contributed by atoms with van der Waals surface area (Å²) in [5.74, 6) is 0. The highest BCUT2D eigenvalue weighted by molar-refractivity contribution is 7.10. The van der Waals surface area contributed by atoms with E-state index in [1.807, 2.05) is 18.5 Å². The topological polar surface area (TPSA) is 42.7 Å². The minimum Gasteiger partial charge on any atom is -0.304 e. The van der Waals surface area contributed by atoms with Crippen LogP contribution in [-0.4, -0.2) is 21.5 Å². The third kappa shape index (κ3) is 2.68. The molecule has 0 aliphatic heterocycles. The van der Waals surface area contributed by atoms with Crippen molar-refractivity contribution in [1.82, 2.24) is 20.3 Å². The first-order valence-corrected chi connectivity index (χ1v) is 6.80. The van der Waals surface area contributed by atoms with Crippen LogP contribution >= 0.6 is 22.9 Å². The zero-order chi connectivity index (χ0) is 12.3. The molecule has 6 heteroatoms. The Hall–Kier alpha value is -0.910. The average molecular weight is 271 g/mol. The molecule has 0 spiro atoms. The van der Waals surface area contributed by atoms with Crippen LogP contribution in [0.25, 0.3) is 0 Å². The van der Waals surface area contributed by atoms with Gasteiger partial charge in [-0.25, -0.2) is 0 Å². The summed E-state index contributed by atoms with van der Waals surface area (Å²) in [7, 11) is 1.89. The SMILES string of the molecule is CCCNC(c1sccc1Cl)c1cnnn1C. The Morgan fingerprint density at radius 2 is 2.41 bits per heavy atom. The van der Waals surface area contributed by atoms with E-state index in [1.54, 1.807) is 22.2 Å². The van der Waals surface area contributed by atoms with Crippen molar-refractivity contribution < 1.29 is 0 Å². The standard InChI is InChI=1S/C11H15ClN4S/c1-3-5-13-10(9-7-14-15-16(9)2)11-8(12)4-6-17-11/h4,6-7,10,13H,3,5H2,1-2H3. The molecule has 4 nitrogen and oxygen atoms in total. The number of aromatic nitrogens is 3. The van der Waals surface area contributed by atoms with Crippen molar-refractivity contribution in [2.45, 2.75) is 19.4 Å². The monoisotopic (exact) mass is 270 g/mol. The lowest BCUT2D eigenvalue weighted by atomic mass is 10.1. The number of rotatable bonds is 5. The van der Waals surface area contributed by atoms with Gasteiger partial charge in [-0.1, -0.05) is 23.7 Å². The van der Waals surface area contributed by atoms with E-state index in [2.05, 4.69) is 22.6 Å². The number of hydrogen-bond acceptors (Lipinski definition) is 4. The largest absolute Gasteiger partial charge is 0.304 e. The normalized spacial score (nSPS) is 12.9. The summed E-state index contributed by atoms with van der Waals surface area (Å²) in [6.45, 7) is 3.08. The molecule has 0 fully saturated rings. The first-order chi connectivity index (χ1) is 8.24. The van der Waals surface area contributed by atoms with Gasteiger partial charge in [0.25, 0.3) is 0 Å². The van der Waals surface area contributed by atoms with Gasteiger partial charge in [0, 0.05) is 11.9 Å². The summed E-state index contributed by atoms with van der Waals surface area (Å²) >= 11 is 7.85. The number of nitrogens with one attached hydrogen (secondary N) is 1. The Morgan fingerprint density at radius 3 is 2.94 bits per heavy atom. The number of hydrogen-bond donors (Lipinski definition) is 1. The molecule has 1 unspecified atom stereocenters. The van der Waals surface area contributed by atoms with Gasteiger partial charge in [0.05, 0.1) is 23.0 Å². The summed E-state index contributed by atoms with van der Waals surface area (Å²) in [6.07, 6.45) is 2.86. The molecule has 0 aliphatic carbocycles. The molecule has 0 aliphatic rings. The molecule has 0 bridgehead atoms. The van der Waals surface area contributed by atoms with Crippen molar-refractivity contribution in [2.75, 3.05) is 6.54 Å². The van der Waals surface area contributed by atoms with Gasteiger partial charge < -0.3 is 5.32 Å². The summed E-state index contributed by atoms with van der Waals surface area (Å²) in [4.78, 5) is 1.12. The van der Waals surface area contributed by atoms with E-state index in [0.717, 1.165) is 28.6 Å². The Labute approximate surface area is 110 Å². The van der Waals surface area contributed by atoms with Crippen LogP contribution in [-0.2, 0) is 7.05 Å². The van der Waals surface area contributed by atoms with Gasteiger partial charge in [-0.3, -0.25) is 4.68 Å². The predicted molar refractivity (Wildman–Crippen MR) is 70.5 cm³/mol.